The number of carbonyl (C=O) groups is 2. The van der Waals surface area contributed by atoms with Crippen molar-refractivity contribution < 1.29 is 19.1 Å². The molecule has 0 radical (unpaired) electrons. The molecule has 2 aliphatic carbocycles. The first-order valence-corrected chi connectivity index (χ1v) is 7.83. The minimum absolute atomic E-state index is 0.0812. The Morgan fingerprint density at radius 2 is 1.18 bits per heavy atom. The molecule has 1 aromatic carbocycles. The van der Waals surface area contributed by atoms with Gasteiger partial charge in [-0.3, -0.25) is 0 Å². The van der Waals surface area contributed by atoms with Crippen LogP contribution in [0.5, 0.6) is 0 Å². The lowest BCUT2D eigenvalue weighted by molar-refractivity contribution is 0.0249. The van der Waals surface area contributed by atoms with Crippen LogP contribution in [0.1, 0.15) is 69.4 Å². The van der Waals surface area contributed by atoms with E-state index in [0.717, 1.165) is 36.8 Å². The molecule has 4 nitrogen and oxygen atoms in total. The zero-order chi connectivity index (χ0) is 15.4. The summed E-state index contributed by atoms with van der Waals surface area (Å²) in [5, 5.41) is 1.03. The second-order valence-electron chi connectivity index (χ2n) is 6.30. The zero-order valence-electron chi connectivity index (χ0n) is 12.4. The average molecular weight is 298 g/mol. The number of rotatable bonds is 0. The Labute approximate surface area is 128 Å². The van der Waals surface area contributed by atoms with Gasteiger partial charge in [0, 0.05) is 0 Å². The topological polar surface area (TPSA) is 52.6 Å². The van der Waals surface area contributed by atoms with E-state index >= 15 is 0 Å². The Hall–Kier alpha value is -2.10. The van der Waals surface area contributed by atoms with Crippen molar-refractivity contribution in [3.63, 3.8) is 0 Å². The van der Waals surface area contributed by atoms with E-state index in [-0.39, 0.29) is 25.2 Å². The fourth-order valence-corrected chi connectivity index (χ4v) is 4.27. The van der Waals surface area contributed by atoms with Gasteiger partial charge < -0.3 is 9.47 Å². The average Bonchev–Trinajstić information content (AvgIpc) is 2.51. The van der Waals surface area contributed by atoms with Crippen LogP contribution in [0.15, 0.2) is 0 Å². The van der Waals surface area contributed by atoms with Crippen LogP contribution in [0.3, 0.4) is 0 Å². The first kappa shape index (κ1) is 13.6. The molecule has 0 N–H and O–H groups in total. The standard InChI is InChI=1S/C18H18O4/c1-9-10(2)14-16-12-6-4-3-5-11(12)15(16)13(9)17(19)21-7-8-22-18(14)20/h11-12H,1-8H2. The van der Waals surface area contributed by atoms with Crippen molar-refractivity contribution in [2.24, 2.45) is 0 Å². The van der Waals surface area contributed by atoms with Crippen molar-refractivity contribution in [3.8, 4) is 0 Å². The monoisotopic (exact) mass is 298 g/mol. The Balaban J connectivity index is 2.06. The summed E-state index contributed by atoms with van der Waals surface area (Å²) in [6.07, 6.45) is 4.44. The Kier molecular flexibility index (Phi) is 2.90. The van der Waals surface area contributed by atoms with Crippen molar-refractivity contribution in [2.45, 2.75) is 37.5 Å². The predicted octanol–water partition coefficient (Wildman–Crippen LogP) is 1.59. The molecule has 2 atom stereocenters. The van der Waals surface area contributed by atoms with E-state index in [2.05, 4.69) is 13.2 Å². The van der Waals surface area contributed by atoms with Crippen LogP contribution in [0, 0.1) is 0 Å². The van der Waals surface area contributed by atoms with Gasteiger partial charge in [-0.05, 0) is 46.2 Å². The van der Waals surface area contributed by atoms with Gasteiger partial charge in [0.15, 0.2) is 0 Å². The fraction of sp³-hybridized carbons (Fsp3) is 0.444. The third-order valence-corrected chi connectivity index (χ3v) is 5.26. The van der Waals surface area contributed by atoms with Crippen LogP contribution in [0.4, 0.5) is 0 Å². The van der Waals surface area contributed by atoms with Gasteiger partial charge in [-0.15, -0.1) is 0 Å². The summed E-state index contributed by atoms with van der Waals surface area (Å²) >= 11 is 0. The first-order valence-electron chi connectivity index (χ1n) is 7.83. The molecule has 2 unspecified atom stereocenters. The van der Waals surface area contributed by atoms with Gasteiger partial charge in [0.1, 0.15) is 13.2 Å². The molecule has 0 saturated heterocycles. The minimum atomic E-state index is -0.361. The third kappa shape index (κ3) is 1.64. The molecule has 1 fully saturated rings. The van der Waals surface area contributed by atoms with Gasteiger partial charge in [0.2, 0.25) is 0 Å². The number of cyclic esters (lactones) is 2. The number of carbonyl (C=O) groups excluding carboxylic acids is 2. The molecular weight excluding hydrogens is 280 g/mol. The molecular formula is C18H18O4. The van der Waals surface area contributed by atoms with Crippen LogP contribution >= 0.6 is 0 Å². The molecule has 0 amide bonds. The van der Waals surface area contributed by atoms with Gasteiger partial charge in [-0.1, -0.05) is 26.0 Å². The highest BCUT2D eigenvalue weighted by molar-refractivity contribution is 5.99. The molecule has 1 saturated carbocycles. The van der Waals surface area contributed by atoms with Gasteiger partial charge >= 0.3 is 11.9 Å². The summed E-state index contributed by atoms with van der Waals surface area (Å²) in [5.41, 5.74) is 3.03. The lowest BCUT2D eigenvalue weighted by Crippen LogP contribution is -2.45. The SMILES string of the molecule is C=c1c2c3c(c(c1=C)C(=O)OCCOC2=O)C1CCCCC31. The molecule has 22 heavy (non-hydrogen) atoms. The molecule has 1 aromatic rings. The second kappa shape index (κ2) is 4.70. The summed E-state index contributed by atoms with van der Waals surface area (Å²) in [7, 11) is 0. The number of benzene rings is 1. The molecule has 1 heterocycles. The van der Waals surface area contributed by atoms with Gasteiger partial charge in [-0.2, -0.15) is 0 Å². The number of ether oxygens (including phenoxy) is 2. The maximum Gasteiger partial charge on any atom is 0.339 e. The van der Waals surface area contributed by atoms with Crippen LogP contribution < -0.4 is 10.4 Å². The Morgan fingerprint density at radius 3 is 1.59 bits per heavy atom. The highest BCUT2D eigenvalue weighted by atomic mass is 16.6. The molecule has 0 aromatic heterocycles. The normalized spacial score (nSPS) is 26.4. The number of hydrogen-bond donors (Lipinski definition) is 0. The number of hydrogen-bond acceptors (Lipinski definition) is 4. The maximum atomic E-state index is 12.4. The van der Waals surface area contributed by atoms with E-state index < -0.39 is 0 Å². The molecule has 1 aliphatic heterocycles. The summed E-state index contributed by atoms with van der Waals surface area (Å²) in [4.78, 5) is 24.9. The van der Waals surface area contributed by atoms with E-state index in [1.54, 1.807) is 0 Å². The molecule has 2 bridgehead atoms. The Bertz CT molecular complexity index is 726. The third-order valence-electron chi connectivity index (χ3n) is 5.26. The van der Waals surface area contributed by atoms with Crippen LogP contribution in [-0.2, 0) is 9.47 Å². The largest absolute Gasteiger partial charge is 0.458 e. The van der Waals surface area contributed by atoms with Gasteiger partial charge in [0.05, 0.1) is 11.1 Å². The highest BCUT2D eigenvalue weighted by Gasteiger charge is 2.46. The summed E-state index contributed by atoms with van der Waals surface area (Å²) < 4.78 is 10.5. The smallest absolute Gasteiger partial charge is 0.339 e. The van der Waals surface area contributed by atoms with Gasteiger partial charge in [-0.25, -0.2) is 9.59 Å². The molecule has 114 valence electrons. The quantitative estimate of drug-likeness (QED) is 0.683. The van der Waals surface area contributed by atoms with E-state index in [1.165, 1.54) is 0 Å². The first-order chi connectivity index (χ1) is 10.6. The van der Waals surface area contributed by atoms with Gasteiger partial charge in [0.25, 0.3) is 0 Å². The second-order valence-corrected chi connectivity index (χ2v) is 6.30. The molecule has 4 rings (SSSR count). The van der Waals surface area contributed by atoms with E-state index in [9.17, 15) is 9.59 Å². The van der Waals surface area contributed by atoms with Crippen molar-refractivity contribution in [1.29, 1.82) is 0 Å². The zero-order valence-corrected chi connectivity index (χ0v) is 12.4. The van der Waals surface area contributed by atoms with Crippen molar-refractivity contribution in [2.75, 3.05) is 13.2 Å². The van der Waals surface area contributed by atoms with E-state index in [0.29, 0.717) is 33.4 Å². The molecule has 3 aliphatic rings. The molecule has 0 spiro atoms. The van der Waals surface area contributed by atoms with Crippen LogP contribution in [0.25, 0.3) is 13.2 Å². The highest BCUT2D eigenvalue weighted by Crippen LogP contribution is 2.56. The Morgan fingerprint density at radius 1 is 0.773 bits per heavy atom. The summed E-state index contributed by atoms with van der Waals surface area (Å²) in [5.74, 6) is -0.0314. The maximum absolute atomic E-state index is 12.4. The number of fused-ring (bicyclic) bond motifs is 1. The summed E-state index contributed by atoms with van der Waals surface area (Å²) in [6.45, 7) is 8.15. The number of esters is 2. The molecule has 4 heteroatoms. The summed E-state index contributed by atoms with van der Waals surface area (Å²) in [6, 6.07) is 0. The van der Waals surface area contributed by atoms with Crippen LogP contribution in [0.2, 0.25) is 0 Å². The van der Waals surface area contributed by atoms with E-state index in [4.69, 9.17) is 9.47 Å². The minimum Gasteiger partial charge on any atom is -0.458 e. The van der Waals surface area contributed by atoms with Crippen molar-refractivity contribution in [3.05, 3.63) is 32.7 Å². The lowest BCUT2D eigenvalue weighted by atomic mass is 9.58. The van der Waals surface area contributed by atoms with Crippen molar-refractivity contribution >= 4 is 25.1 Å². The van der Waals surface area contributed by atoms with Crippen molar-refractivity contribution in [1.82, 2.24) is 0 Å². The predicted molar refractivity (Wildman–Crippen MR) is 81.3 cm³/mol. The van der Waals surface area contributed by atoms with E-state index in [1.807, 2.05) is 0 Å². The van der Waals surface area contributed by atoms with Crippen LogP contribution in [-0.4, -0.2) is 25.2 Å². The lowest BCUT2D eigenvalue weighted by Gasteiger charge is -2.45. The fourth-order valence-electron chi connectivity index (χ4n) is 4.27.